The van der Waals surface area contributed by atoms with Gasteiger partial charge in [-0.25, -0.2) is 4.79 Å². The number of carbonyl (C=O) groups is 2. The molecule has 0 saturated heterocycles. The van der Waals surface area contributed by atoms with E-state index >= 15 is 0 Å². The van der Waals surface area contributed by atoms with Gasteiger partial charge in [-0.1, -0.05) is 24.3 Å². The van der Waals surface area contributed by atoms with E-state index in [1.165, 1.54) is 7.11 Å². The van der Waals surface area contributed by atoms with Crippen LogP contribution in [0.5, 0.6) is 0 Å². The highest BCUT2D eigenvalue weighted by molar-refractivity contribution is 6.09. The van der Waals surface area contributed by atoms with Crippen molar-refractivity contribution >= 4 is 23.6 Å². The van der Waals surface area contributed by atoms with E-state index in [9.17, 15) is 14.9 Å². The van der Waals surface area contributed by atoms with Crippen LogP contribution >= 0.6 is 0 Å². The molecular formula is C24H21N3O3. The molecule has 150 valence electrons. The third kappa shape index (κ3) is 4.31. The zero-order valence-electron chi connectivity index (χ0n) is 17.0. The number of para-hydroxylation sites is 1. The molecule has 1 amide bonds. The highest BCUT2D eigenvalue weighted by Crippen LogP contribution is 2.24. The molecule has 0 unspecified atom stereocenters. The molecule has 0 aliphatic heterocycles. The van der Waals surface area contributed by atoms with Gasteiger partial charge in [0.15, 0.2) is 0 Å². The van der Waals surface area contributed by atoms with Crippen molar-refractivity contribution in [2.45, 2.75) is 13.8 Å². The Bertz CT molecular complexity index is 1170. The fraction of sp³-hybridized carbons (Fsp3) is 0.125. The summed E-state index contributed by atoms with van der Waals surface area (Å²) in [5.74, 6) is -0.884. The number of aromatic nitrogens is 1. The maximum Gasteiger partial charge on any atom is 0.337 e. The molecule has 6 nitrogen and oxygen atoms in total. The normalized spacial score (nSPS) is 10.9. The van der Waals surface area contributed by atoms with Gasteiger partial charge >= 0.3 is 5.97 Å². The summed E-state index contributed by atoms with van der Waals surface area (Å²) in [5.41, 5.74) is 4.35. The van der Waals surface area contributed by atoms with E-state index in [1.54, 1.807) is 48.5 Å². The van der Waals surface area contributed by atoms with E-state index in [0.717, 1.165) is 22.6 Å². The minimum absolute atomic E-state index is 0.00224. The van der Waals surface area contributed by atoms with Gasteiger partial charge in [-0.3, -0.25) is 4.79 Å². The monoisotopic (exact) mass is 399 g/mol. The summed E-state index contributed by atoms with van der Waals surface area (Å²) in [6.07, 6.45) is 1.57. The Balaban J connectivity index is 1.96. The van der Waals surface area contributed by atoms with Crippen LogP contribution in [0.25, 0.3) is 11.8 Å². The Morgan fingerprint density at radius 2 is 1.80 bits per heavy atom. The van der Waals surface area contributed by atoms with Crippen LogP contribution < -0.4 is 5.32 Å². The van der Waals surface area contributed by atoms with E-state index < -0.39 is 11.9 Å². The van der Waals surface area contributed by atoms with Gasteiger partial charge in [0.25, 0.3) is 5.91 Å². The van der Waals surface area contributed by atoms with Crippen molar-refractivity contribution < 1.29 is 14.3 Å². The molecule has 2 aromatic carbocycles. The number of nitrogens with zero attached hydrogens (tertiary/aromatic N) is 2. The third-order valence-corrected chi connectivity index (χ3v) is 4.69. The average molecular weight is 399 g/mol. The lowest BCUT2D eigenvalue weighted by molar-refractivity contribution is -0.112. The van der Waals surface area contributed by atoms with E-state index in [-0.39, 0.29) is 5.57 Å². The van der Waals surface area contributed by atoms with Crippen LogP contribution in [0.15, 0.2) is 66.2 Å². The van der Waals surface area contributed by atoms with Gasteiger partial charge in [0.05, 0.1) is 12.7 Å². The van der Waals surface area contributed by atoms with Crippen molar-refractivity contribution in [3.8, 4) is 11.8 Å². The number of amides is 1. The number of carbonyl (C=O) groups excluding carboxylic acids is 2. The van der Waals surface area contributed by atoms with E-state index in [2.05, 4.69) is 5.32 Å². The first-order valence-electron chi connectivity index (χ1n) is 9.30. The van der Waals surface area contributed by atoms with Crippen LogP contribution in [-0.2, 0) is 9.53 Å². The standard InChI is InChI=1S/C24H21N3O3/c1-16-12-19(13-20(15-25)23(28)26-21-9-5-4-6-10-21)17(2)27(16)22-11-7-8-18(14-22)24(29)30-3/h4-14H,1-3H3,(H,26,28). The molecule has 0 aliphatic rings. The third-order valence-electron chi connectivity index (χ3n) is 4.69. The predicted molar refractivity (Wildman–Crippen MR) is 115 cm³/mol. The smallest absolute Gasteiger partial charge is 0.337 e. The molecule has 6 heteroatoms. The molecule has 0 spiro atoms. The molecule has 0 saturated carbocycles. The van der Waals surface area contributed by atoms with Crippen molar-refractivity contribution in [2.75, 3.05) is 12.4 Å². The van der Waals surface area contributed by atoms with Gasteiger partial charge in [0, 0.05) is 22.8 Å². The number of anilines is 1. The number of esters is 1. The second kappa shape index (κ2) is 8.93. The fourth-order valence-corrected chi connectivity index (χ4v) is 3.24. The molecule has 1 N–H and O–H groups in total. The lowest BCUT2D eigenvalue weighted by atomic mass is 10.1. The zero-order valence-corrected chi connectivity index (χ0v) is 17.0. The van der Waals surface area contributed by atoms with Crippen LogP contribution in [0.4, 0.5) is 5.69 Å². The maximum absolute atomic E-state index is 12.5. The largest absolute Gasteiger partial charge is 0.465 e. The molecule has 1 aromatic heterocycles. The first kappa shape index (κ1) is 20.6. The molecule has 0 bridgehead atoms. The number of nitriles is 1. The summed E-state index contributed by atoms with van der Waals surface area (Å²) in [4.78, 5) is 24.4. The second-order valence-electron chi connectivity index (χ2n) is 6.69. The number of hydrogen-bond acceptors (Lipinski definition) is 4. The lowest BCUT2D eigenvalue weighted by Crippen LogP contribution is -2.13. The van der Waals surface area contributed by atoms with Gasteiger partial charge in [-0.15, -0.1) is 0 Å². The average Bonchev–Trinajstić information content (AvgIpc) is 3.04. The Kier molecular flexibility index (Phi) is 6.14. The first-order valence-corrected chi connectivity index (χ1v) is 9.30. The molecular weight excluding hydrogens is 378 g/mol. The highest BCUT2D eigenvalue weighted by Gasteiger charge is 2.15. The highest BCUT2D eigenvalue weighted by atomic mass is 16.5. The molecule has 3 rings (SSSR count). The number of nitrogens with one attached hydrogen (secondary N) is 1. The van der Waals surface area contributed by atoms with E-state index in [4.69, 9.17) is 4.74 Å². The Labute approximate surface area is 175 Å². The number of methoxy groups -OCH3 is 1. The molecule has 0 fully saturated rings. The Morgan fingerprint density at radius 1 is 1.07 bits per heavy atom. The van der Waals surface area contributed by atoms with E-state index in [1.807, 2.05) is 42.7 Å². The number of ether oxygens (including phenoxy) is 1. The van der Waals surface area contributed by atoms with Gasteiger partial charge < -0.3 is 14.6 Å². The second-order valence-corrected chi connectivity index (χ2v) is 6.69. The van der Waals surface area contributed by atoms with Gasteiger partial charge in [0.2, 0.25) is 0 Å². The molecule has 1 heterocycles. The number of hydrogen-bond donors (Lipinski definition) is 1. The quantitative estimate of drug-likeness (QED) is 0.391. The Morgan fingerprint density at radius 3 is 2.47 bits per heavy atom. The van der Waals surface area contributed by atoms with Crippen LogP contribution in [0.1, 0.15) is 27.3 Å². The lowest BCUT2D eigenvalue weighted by Gasteiger charge is -2.11. The SMILES string of the molecule is COC(=O)c1cccc(-n2c(C)cc(C=C(C#N)C(=O)Nc3ccccc3)c2C)c1. The molecule has 0 radical (unpaired) electrons. The number of benzene rings is 2. The van der Waals surface area contributed by atoms with Crippen molar-refractivity contribution in [1.29, 1.82) is 5.26 Å². The summed E-state index contributed by atoms with van der Waals surface area (Å²) in [6, 6.07) is 19.9. The fourth-order valence-electron chi connectivity index (χ4n) is 3.24. The van der Waals surface area contributed by atoms with Gasteiger partial charge in [-0.05, 0) is 61.9 Å². The maximum atomic E-state index is 12.5. The minimum Gasteiger partial charge on any atom is -0.465 e. The van der Waals surface area contributed by atoms with Crippen molar-refractivity contribution in [3.05, 3.63) is 88.8 Å². The summed E-state index contributed by atoms with van der Waals surface area (Å²) < 4.78 is 6.76. The summed E-state index contributed by atoms with van der Waals surface area (Å²) in [7, 11) is 1.34. The molecule has 3 aromatic rings. The summed E-state index contributed by atoms with van der Waals surface area (Å²) in [6.45, 7) is 3.82. The van der Waals surface area contributed by atoms with E-state index in [0.29, 0.717) is 11.3 Å². The first-order chi connectivity index (χ1) is 14.4. The minimum atomic E-state index is -0.471. The molecule has 0 aliphatic carbocycles. The van der Waals surface area contributed by atoms with Gasteiger partial charge in [-0.2, -0.15) is 5.26 Å². The Hall–Kier alpha value is -4.11. The number of aryl methyl sites for hydroxylation is 1. The molecule has 0 atom stereocenters. The van der Waals surface area contributed by atoms with Crippen LogP contribution in [0.2, 0.25) is 0 Å². The zero-order chi connectivity index (χ0) is 21.7. The summed E-state index contributed by atoms with van der Waals surface area (Å²) >= 11 is 0. The summed E-state index contributed by atoms with van der Waals surface area (Å²) in [5, 5.41) is 12.2. The number of rotatable bonds is 5. The van der Waals surface area contributed by atoms with Crippen LogP contribution in [0.3, 0.4) is 0 Å². The van der Waals surface area contributed by atoms with Crippen molar-refractivity contribution in [3.63, 3.8) is 0 Å². The van der Waals surface area contributed by atoms with Crippen LogP contribution in [0, 0.1) is 25.2 Å². The topological polar surface area (TPSA) is 84.1 Å². The van der Waals surface area contributed by atoms with Gasteiger partial charge in [0.1, 0.15) is 11.6 Å². The molecule has 30 heavy (non-hydrogen) atoms. The van der Waals surface area contributed by atoms with Crippen LogP contribution in [-0.4, -0.2) is 23.6 Å². The predicted octanol–water partition coefficient (Wildman–Crippen LogP) is 4.43. The van der Waals surface area contributed by atoms with Crippen molar-refractivity contribution in [2.24, 2.45) is 0 Å². The van der Waals surface area contributed by atoms with Crippen molar-refractivity contribution in [1.82, 2.24) is 4.57 Å².